The van der Waals surface area contributed by atoms with E-state index in [1.807, 2.05) is 13.0 Å². The molecule has 0 aromatic carbocycles. The van der Waals surface area contributed by atoms with Crippen molar-refractivity contribution in [2.24, 2.45) is 0 Å². The molecule has 0 aliphatic carbocycles. The summed E-state index contributed by atoms with van der Waals surface area (Å²) < 4.78 is 6.25. The lowest BCUT2D eigenvalue weighted by Gasteiger charge is -2.08. The number of aromatic nitrogens is 3. The number of carbonyl (C=O) groups is 1. The molecule has 2 heterocycles. The van der Waals surface area contributed by atoms with Gasteiger partial charge >= 0.3 is 5.97 Å². The number of fused-ring (bicyclic) bond motifs is 1. The lowest BCUT2D eigenvalue weighted by molar-refractivity contribution is -0.139. The van der Waals surface area contributed by atoms with Crippen molar-refractivity contribution in [2.75, 3.05) is 7.11 Å². The average molecular weight is 282 g/mol. The number of hydrogen-bond donors (Lipinski definition) is 0. The summed E-state index contributed by atoms with van der Waals surface area (Å²) in [4.78, 5) is 15.8. The van der Waals surface area contributed by atoms with Gasteiger partial charge in [0.2, 0.25) is 0 Å². The maximum Gasteiger partial charge on any atom is 0.310 e. The number of halogens is 1. The minimum absolute atomic E-state index is 0.104. The summed E-state index contributed by atoms with van der Waals surface area (Å²) in [7, 11) is 1.35. The van der Waals surface area contributed by atoms with Crippen LogP contribution in [0.1, 0.15) is 30.3 Å². The Morgan fingerprint density at radius 1 is 1.53 bits per heavy atom. The van der Waals surface area contributed by atoms with Gasteiger partial charge in [0.15, 0.2) is 5.65 Å². The smallest absolute Gasteiger partial charge is 0.310 e. The van der Waals surface area contributed by atoms with Crippen LogP contribution in [0.5, 0.6) is 0 Å². The van der Waals surface area contributed by atoms with E-state index in [0.29, 0.717) is 16.4 Å². The van der Waals surface area contributed by atoms with Crippen LogP contribution in [0.4, 0.5) is 0 Å². The van der Waals surface area contributed by atoms with E-state index in [2.05, 4.69) is 21.7 Å². The quantitative estimate of drug-likeness (QED) is 0.638. The fraction of sp³-hybridized carbons (Fsp3) is 0.462. The summed E-state index contributed by atoms with van der Waals surface area (Å²) in [5.74, 6) is -0.341. The van der Waals surface area contributed by atoms with Gasteiger partial charge in [0.05, 0.1) is 19.2 Å². The standard InChI is InChI=1S/C13H16ClN3O2/c1-4-5-9-6-11-15-8(2)10(7-12(18)19-3)13(14)17(11)16-9/h6H,4-5,7H2,1-3H3. The molecule has 5 nitrogen and oxygen atoms in total. The van der Waals surface area contributed by atoms with E-state index in [4.69, 9.17) is 11.6 Å². The van der Waals surface area contributed by atoms with Crippen molar-refractivity contribution < 1.29 is 9.53 Å². The monoisotopic (exact) mass is 281 g/mol. The Balaban J connectivity index is 2.50. The molecule has 0 unspecified atom stereocenters. The fourth-order valence-electron chi connectivity index (χ4n) is 1.95. The van der Waals surface area contributed by atoms with E-state index in [-0.39, 0.29) is 12.4 Å². The zero-order valence-electron chi connectivity index (χ0n) is 11.2. The molecule has 0 radical (unpaired) electrons. The Kier molecular flexibility index (Phi) is 4.04. The largest absolute Gasteiger partial charge is 0.469 e. The van der Waals surface area contributed by atoms with Crippen LogP contribution in [-0.4, -0.2) is 27.7 Å². The highest BCUT2D eigenvalue weighted by Gasteiger charge is 2.16. The highest BCUT2D eigenvalue weighted by Crippen LogP contribution is 2.22. The van der Waals surface area contributed by atoms with Gasteiger partial charge in [0.1, 0.15) is 5.15 Å². The van der Waals surface area contributed by atoms with Crippen molar-refractivity contribution in [3.05, 3.63) is 28.2 Å². The van der Waals surface area contributed by atoms with Crippen LogP contribution in [-0.2, 0) is 22.4 Å². The highest BCUT2D eigenvalue weighted by molar-refractivity contribution is 6.30. The van der Waals surface area contributed by atoms with Crippen LogP contribution in [0.15, 0.2) is 6.07 Å². The topological polar surface area (TPSA) is 56.5 Å². The first kappa shape index (κ1) is 13.8. The molecular formula is C13H16ClN3O2. The number of methoxy groups -OCH3 is 1. The van der Waals surface area contributed by atoms with Crippen molar-refractivity contribution in [3.8, 4) is 0 Å². The van der Waals surface area contributed by atoms with Gasteiger partial charge in [-0.3, -0.25) is 4.79 Å². The second kappa shape index (κ2) is 5.57. The molecule has 0 bridgehead atoms. The first-order valence-electron chi connectivity index (χ1n) is 6.17. The molecule has 0 amide bonds. The van der Waals surface area contributed by atoms with E-state index in [1.165, 1.54) is 7.11 Å². The summed E-state index contributed by atoms with van der Waals surface area (Å²) in [6.45, 7) is 3.92. The molecule has 2 rings (SSSR count). The molecule has 0 atom stereocenters. The Morgan fingerprint density at radius 2 is 2.26 bits per heavy atom. The normalized spacial score (nSPS) is 10.9. The second-order valence-electron chi connectivity index (χ2n) is 4.38. The van der Waals surface area contributed by atoms with Gasteiger partial charge in [-0.05, 0) is 13.3 Å². The minimum atomic E-state index is -0.341. The van der Waals surface area contributed by atoms with Gasteiger partial charge in [-0.15, -0.1) is 0 Å². The first-order chi connectivity index (χ1) is 9.06. The molecule has 0 aliphatic heterocycles. The zero-order valence-corrected chi connectivity index (χ0v) is 12.0. The van der Waals surface area contributed by atoms with E-state index in [9.17, 15) is 4.79 Å². The van der Waals surface area contributed by atoms with Crippen molar-refractivity contribution in [1.82, 2.24) is 14.6 Å². The predicted molar refractivity (Wildman–Crippen MR) is 72.4 cm³/mol. The highest BCUT2D eigenvalue weighted by atomic mass is 35.5. The van der Waals surface area contributed by atoms with E-state index in [0.717, 1.165) is 24.2 Å². The Morgan fingerprint density at radius 3 is 2.89 bits per heavy atom. The Labute approximate surface area is 116 Å². The second-order valence-corrected chi connectivity index (χ2v) is 4.73. The van der Waals surface area contributed by atoms with Gasteiger partial charge in [0, 0.05) is 17.3 Å². The summed E-state index contributed by atoms with van der Waals surface area (Å²) >= 11 is 6.31. The number of aryl methyl sites for hydroxylation is 2. The molecule has 0 saturated carbocycles. The van der Waals surface area contributed by atoms with Crippen molar-refractivity contribution in [2.45, 2.75) is 33.1 Å². The number of esters is 1. The van der Waals surface area contributed by atoms with Gasteiger partial charge in [-0.1, -0.05) is 24.9 Å². The van der Waals surface area contributed by atoms with Crippen LogP contribution in [0.3, 0.4) is 0 Å². The van der Waals surface area contributed by atoms with E-state index < -0.39 is 0 Å². The maximum absolute atomic E-state index is 11.4. The third-order valence-electron chi connectivity index (χ3n) is 2.95. The lowest BCUT2D eigenvalue weighted by atomic mass is 10.2. The number of carbonyl (C=O) groups excluding carboxylic acids is 1. The van der Waals surface area contributed by atoms with Crippen LogP contribution < -0.4 is 0 Å². The molecule has 0 fully saturated rings. The molecule has 0 N–H and O–H groups in total. The molecule has 0 spiro atoms. The molecule has 6 heteroatoms. The first-order valence-corrected chi connectivity index (χ1v) is 6.55. The van der Waals surface area contributed by atoms with Crippen LogP contribution >= 0.6 is 11.6 Å². The van der Waals surface area contributed by atoms with Crippen molar-refractivity contribution in [1.29, 1.82) is 0 Å². The number of nitrogens with zero attached hydrogens (tertiary/aromatic N) is 3. The van der Waals surface area contributed by atoms with Gasteiger partial charge in [-0.25, -0.2) is 9.50 Å². The lowest BCUT2D eigenvalue weighted by Crippen LogP contribution is -2.10. The van der Waals surface area contributed by atoms with Gasteiger partial charge < -0.3 is 4.74 Å². The van der Waals surface area contributed by atoms with Gasteiger partial charge in [-0.2, -0.15) is 5.10 Å². The third kappa shape index (κ3) is 2.71. The van der Waals surface area contributed by atoms with Crippen molar-refractivity contribution in [3.63, 3.8) is 0 Å². The summed E-state index contributed by atoms with van der Waals surface area (Å²) in [5, 5.41) is 4.83. The molecule has 2 aromatic rings. The fourth-order valence-corrected chi connectivity index (χ4v) is 2.28. The molecule has 19 heavy (non-hydrogen) atoms. The Bertz CT molecular complexity index is 622. The van der Waals surface area contributed by atoms with E-state index in [1.54, 1.807) is 4.52 Å². The molecule has 102 valence electrons. The van der Waals surface area contributed by atoms with Crippen LogP contribution in [0, 0.1) is 6.92 Å². The molecule has 0 aliphatic rings. The number of hydrogen-bond acceptors (Lipinski definition) is 4. The summed E-state index contributed by atoms with van der Waals surface area (Å²) in [6.07, 6.45) is 1.99. The Hall–Kier alpha value is -1.62. The zero-order chi connectivity index (χ0) is 14.0. The van der Waals surface area contributed by atoms with Crippen LogP contribution in [0.25, 0.3) is 5.65 Å². The number of ether oxygens (including phenoxy) is 1. The molecule has 2 aromatic heterocycles. The van der Waals surface area contributed by atoms with Crippen molar-refractivity contribution >= 4 is 23.2 Å². The van der Waals surface area contributed by atoms with E-state index >= 15 is 0 Å². The molecular weight excluding hydrogens is 266 g/mol. The number of rotatable bonds is 4. The SMILES string of the molecule is CCCc1cc2nc(C)c(CC(=O)OC)c(Cl)n2n1. The average Bonchev–Trinajstić information content (AvgIpc) is 2.77. The predicted octanol–water partition coefficient (Wildman–Crippen LogP) is 2.36. The third-order valence-corrected chi connectivity index (χ3v) is 3.34. The molecule has 0 saturated heterocycles. The minimum Gasteiger partial charge on any atom is -0.469 e. The van der Waals surface area contributed by atoms with Crippen LogP contribution in [0.2, 0.25) is 5.15 Å². The van der Waals surface area contributed by atoms with Gasteiger partial charge in [0.25, 0.3) is 0 Å². The maximum atomic E-state index is 11.4. The summed E-state index contributed by atoms with van der Waals surface area (Å²) in [5.41, 5.74) is 3.05. The summed E-state index contributed by atoms with van der Waals surface area (Å²) in [6, 6.07) is 1.92.